The van der Waals surface area contributed by atoms with Gasteiger partial charge in [0.1, 0.15) is 12.0 Å². The number of ether oxygens (including phenoxy) is 1. The molecule has 0 heterocycles. The van der Waals surface area contributed by atoms with E-state index < -0.39 is 0 Å². The lowest BCUT2D eigenvalue weighted by Gasteiger charge is -2.12. The minimum absolute atomic E-state index is 0.718. The number of allylic oxidation sites excluding steroid dienone is 2. The van der Waals surface area contributed by atoms with Crippen molar-refractivity contribution in [2.75, 3.05) is 7.11 Å². The van der Waals surface area contributed by atoms with Gasteiger partial charge in [-0.3, -0.25) is 4.79 Å². The molecule has 0 spiro atoms. The van der Waals surface area contributed by atoms with E-state index in [0.717, 1.165) is 29.6 Å². The van der Waals surface area contributed by atoms with Crippen LogP contribution in [0, 0.1) is 0 Å². The maximum absolute atomic E-state index is 10.9. The van der Waals surface area contributed by atoms with E-state index in [-0.39, 0.29) is 0 Å². The van der Waals surface area contributed by atoms with E-state index in [1.54, 1.807) is 7.11 Å². The Balaban J connectivity index is 2.31. The number of carbonyl (C=O) groups excluding carboxylic acids is 1. The molecule has 2 heteroatoms. The molecule has 0 saturated carbocycles. The normalized spacial score (nSPS) is 10.0. The van der Waals surface area contributed by atoms with E-state index in [0.29, 0.717) is 0 Å². The zero-order valence-corrected chi connectivity index (χ0v) is 12.7. The van der Waals surface area contributed by atoms with Crippen molar-refractivity contribution in [3.05, 3.63) is 70.8 Å². The fourth-order valence-electron chi connectivity index (χ4n) is 2.34. The van der Waals surface area contributed by atoms with Crippen molar-refractivity contribution in [3.63, 3.8) is 0 Å². The fraction of sp³-hybridized carbons (Fsp3) is 0.211. The first-order chi connectivity index (χ1) is 10.1. The molecule has 108 valence electrons. The maximum Gasteiger partial charge on any atom is 0.150 e. The highest BCUT2D eigenvalue weighted by Gasteiger charge is 2.06. The number of hydrogen-bond donors (Lipinski definition) is 0. The first-order valence-electron chi connectivity index (χ1n) is 6.99. The van der Waals surface area contributed by atoms with Gasteiger partial charge in [0.25, 0.3) is 0 Å². The highest BCUT2D eigenvalue weighted by molar-refractivity contribution is 5.76. The molecule has 0 aromatic heterocycles. The van der Waals surface area contributed by atoms with E-state index >= 15 is 0 Å². The van der Waals surface area contributed by atoms with Crippen molar-refractivity contribution in [3.8, 4) is 5.75 Å². The summed E-state index contributed by atoms with van der Waals surface area (Å²) in [5.41, 5.74) is 5.60. The van der Waals surface area contributed by atoms with Gasteiger partial charge in [0, 0.05) is 5.56 Å². The van der Waals surface area contributed by atoms with Crippen LogP contribution in [0.1, 0.15) is 35.3 Å². The Morgan fingerprint density at radius 3 is 2.38 bits per heavy atom. The average Bonchev–Trinajstić information content (AvgIpc) is 2.52. The number of aldehydes is 1. The molecule has 0 aliphatic carbocycles. The van der Waals surface area contributed by atoms with Gasteiger partial charge in [-0.15, -0.1) is 0 Å². The predicted molar refractivity (Wildman–Crippen MR) is 86.8 cm³/mol. The van der Waals surface area contributed by atoms with Crippen LogP contribution in [0.2, 0.25) is 0 Å². The molecule has 0 radical (unpaired) electrons. The first-order valence-corrected chi connectivity index (χ1v) is 6.99. The number of hydrogen-bond acceptors (Lipinski definition) is 2. The van der Waals surface area contributed by atoms with E-state index in [1.165, 1.54) is 16.7 Å². The molecular formula is C19H20O2. The summed E-state index contributed by atoms with van der Waals surface area (Å²) in [6.45, 7) is 4.23. The van der Waals surface area contributed by atoms with Crippen molar-refractivity contribution in [2.45, 2.75) is 20.3 Å². The Bertz CT molecular complexity index is 648. The molecule has 2 rings (SSSR count). The van der Waals surface area contributed by atoms with Crippen molar-refractivity contribution in [1.29, 1.82) is 0 Å². The second-order valence-corrected chi connectivity index (χ2v) is 5.25. The van der Waals surface area contributed by atoms with Crippen LogP contribution in [0.15, 0.2) is 54.1 Å². The molecule has 2 nitrogen and oxygen atoms in total. The van der Waals surface area contributed by atoms with Crippen LogP contribution >= 0.6 is 0 Å². The predicted octanol–water partition coefficient (Wildman–Crippen LogP) is 4.54. The molecule has 0 amide bonds. The van der Waals surface area contributed by atoms with Gasteiger partial charge in [0.05, 0.1) is 7.11 Å². The maximum atomic E-state index is 10.9. The van der Waals surface area contributed by atoms with Crippen LogP contribution in [0.3, 0.4) is 0 Å². The van der Waals surface area contributed by atoms with Crippen LogP contribution in [-0.4, -0.2) is 13.4 Å². The second kappa shape index (κ2) is 6.89. The largest absolute Gasteiger partial charge is 0.497 e. The fourth-order valence-corrected chi connectivity index (χ4v) is 2.34. The molecule has 21 heavy (non-hydrogen) atoms. The molecule has 0 aliphatic heterocycles. The molecule has 0 fully saturated rings. The van der Waals surface area contributed by atoms with Crippen LogP contribution in [-0.2, 0) is 6.42 Å². The highest BCUT2D eigenvalue weighted by atomic mass is 16.5. The number of rotatable bonds is 5. The molecule has 0 aliphatic rings. The minimum Gasteiger partial charge on any atom is -0.497 e. The third-order valence-electron chi connectivity index (χ3n) is 3.51. The summed E-state index contributed by atoms with van der Waals surface area (Å²) in [5.74, 6) is 0.856. The first kappa shape index (κ1) is 15.0. The number of methoxy groups -OCH3 is 1. The SMILES string of the molecule is COc1ccc(C(Cc2cccc(C=O)c2)=C(C)C)cc1. The Morgan fingerprint density at radius 1 is 1.10 bits per heavy atom. The molecule has 0 atom stereocenters. The highest BCUT2D eigenvalue weighted by Crippen LogP contribution is 2.25. The van der Waals surface area contributed by atoms with Crippen LogP contribution in [0.4, 0.5) is 0 Å². The zero-order chi connectivity index (χ0) is 15.2. The van der Waals surface area contributed by atoms with Crippen LogP contribution < -0.4 is 4.74 Å². The third-order valence-corrected chi connectivity index (χ3v) is 3.51. The average molecular weight is 280 g/mol. The Morgan fingerprint density at radius 2 is 1.81 bits per heavy atom. The van der Waals surface area contributed by atoms with Gasteiger partial charge < -0.3 is 4.74 Å². The second-order valence-electron chi connectivity index (χ2n) is 5.25. The summed E-state index contributed by atoms with van der Waals surface area (Å²) in [5, 5.41) is 0. The van der Waals surface area contributed by atoms with Gasteiger partial charge >= 0.3 is 0 Å². The van der Waals surface area contributed by atoms with Crippen molar-refractivity contribution in [2.24, 2.45) is 0 Å². The molecule has 0 saturated heterocycles. The van der Waals surface area contributed by atoms with Gasteiger partial charge in [0.15, 0.2) is 0 Å². The number of carbonyl (C=O) groups is 1. The monoisotopic (exact) mass is 280 g/mol. The van der Waals surface area contributed by atoms with Gasteiger partial charge in [-0.2, -0.15) is 0 Å². The van der Waals surface area contributed by atoms with Gasteiger partial charge in [-0.1, -0.05) is 35.9 Å². The lowest BCUT2D eigenvalue weighted by Crippen LogP contribution is -1.95. The molecule has 2 aromatic carbocycles. The topological polar surface area (TPSA) is 26.3 Å². The quantitative estimate of drug-likeness (QED) is 0.751. The Labute approximate surface area is 126 Å². The molecular weight excluding hydrogens is 260 g/mol. The smallest absolute Gasteiger partial charge is 0.150 e. The van der Waals surface area contributed by atoms with Gasteiger partial charge in [0.2, 0.25) is 0 Å². The summed E-state index contributed by atoms with van der Waals surface area (Å²) in [6.07, 6.45) is 1.70. The van der Waals surface area contributed by atoms with Crippen LogP contribution in [0.25, 0.3) is 5.57 Å². The summed E-state index contributed by atoms with van der Waals surface area (Å²) in [4.78, 5) is 10.9. The van der Waals surface area contributed by atoms with E-state index in [1.807, 2.05) is 30.3 Å². The van der Waals surface area contributed by atoms with E-state index in [2.05, 4.69) is 32.0 Å². The van der Waals surface area contributed by atoms with Gasteiger partial charge in [-0.05, 0) is 55.2 Å². The molecule has 0 unspecified atom stereocenters. The summed E-state index contributed by atoms with van der Waals surface area (Å²) < 4.78 is 5.20. The standard InChI is InChI=1S/C19H20O2/c1-14(2)19(17-7-9-18(21-3)10-8-17)12-15-5-4-6-16(11-15)13-20/h4-11,13H,12H2,1-3H3. The lowest BCUT2D eigenvalue weighted by atomic mass is 9.94. The summed E-state index contributed by atoms with van der Waals surface area (Å²) in [6, 6.07) is 15.8. The summed E-state index contributed by atoms with van der Waals surface area (Å²) in [7, 11) is 1.67. The zero-order valence-electron chi connectivity index (χ0n) is 12.7. The Kier molecular flexibility index (Phi) is 4.94. The minimum atomic E-state index is 0.718. The van der Waals surface area contributed by atoms with E-state index in [4.69, 9.17) is 4.74 Å². The van der Waals surface area contributed by atoms with Gasteiger partial charge in [-0.25, -0.2) is 0 Å². The number of benzene rings is 2. The molecule has 2 aromatic rings. The summed E-state index contributed by atoms with van der Waals surface area (Å²) >= 11 is 0. The van der Waals surface area contributed by atoms with Crippen molar-refractivity contribution >= 4 is 11.9 Å². The van der Waals surface area contributed by atoms with E-state index in [9.17, 15) is 4.79 Å². The van der Waals surface area contributed by atoms with Crippen molar-refractivity contribution < 1.29 is 9.53 Å². The lowest BCUT2D eigenvalue weighted by molar-refractivity contribution is 0.112. The van der Waals surface area contributed by atoms with Crippen LogP contribution in [0.5, 0.6) is 5.75 Å². The molecule has 0 bridgehead atoms. The Hall–Kier alpha value is -2.35. The van der Waals surface area contributed by atoms with Crippen molar-refractivity contribution in [1.82, 2.24) is 0 Å². The molecule has 0 N–H and O–H groups in total. The third kappa shape index (κ3) is 3.82.